The number of hydrogen-bond acceptors (Lipinski definition) is 8. The maximum Gasteiger partial charge on any atom is 0.472 e. The van der Waals surface area contributed by atoms with Crippen LogP contribution in [0.2, 0.25) is 0 Å². The van der Waals surface area contributed by atoms with E-state index in [1.165, 1.54) is 83.5 Å². The quantitative estimate of drug-likeness (QED) is 0.0154. The largest absolute Gasteiger partial charge is 0.472 e. The van der Waals surface area contributed by atoms with Crippen molar-refractivity contribution in [1.29, 1.82) is 0 Å². The molecule has 0 bridgehead atoms. The van der Waals surface area contributed by atoms with Gasteiger partial charge in [0, 0.05) is 12.8 Å². The molecule has 11 heteroatoms. The number of ether oxygens (including phenoxy) is 2. The molecule has 0 heterocycles. The van der Waals surface area contributed by atoms with Gasteiger partial charge in [0.15, 0.2) is 6.10 Å². The van der Waals surface area contributed by atoms with Gasteiger partial charge >= 0.3 is 19.8 Å². The normalized spacial score (nSPS) is 14.6. The van der Waals surface area contributed by atoms with E-state index in [2.05, 4.69) is 50.3 Å². The van der Waals surface area contributed by atoms with Gasteiger partial charge in [-0.25, -0.2) is 4.57 Å². The predicted octanol–water partition coefficient (Wildman–Crippen LogP) is 12.2. The topological polar surface area (TPSA) is 129 Å². The SMILES string of the molecule is CCCCC/C=C\C/C=C\CCCCCCCCCC(=O)OC[C@H](COP(=O)(O)OCC[N+](C)(C)C)OC(=O)CCCC(O)/C=C/C=C/C/C=C/CCCCCCCC. The van der Waals surface area contributed by atoms with E-state index in [4.69, 9.17) is 18.5 Å². The van der Waals surface area contributed by atoms with E-state index >= 15 is 0 Å². The van der Waals surface area contributed by atoms with E-state index in [0.717, 1.165) is 44.9 Å². The number of aliphatic hydroxyl groups excluding tert-OH is 1. The van der Waals surface area contributed by atoms with E-state index in [-0.39, 0.29) is 26.1 Å². The van der Waals surface area contributed by atoms with Gasteiger partial charge in [-0.2, -0.15) is 0 Å². The highest BCUT2D eigenvalue weighted by Gasteiger charge is 2.27. The van der Waals surface area contributed by atoms with Crippen molar-refractivity contribution >= 4 is 19.8 Å². The molecule has 0 aliphatic rings. The second-order valence-corrected chi connectivity index (χ2v) is 18.1. The summed E-state index contributed by atoms with van der Waals surface area (Å²) < 4.78 is 34.2. The first kappa shape index (κ1) is 56.7. The molecule has 0 aliphatic heterocycles. The fourth-order valence-corrected chi connectivity index (χ4v) is 6.68. The molecular formula is C48H87NO9P+. The third kappa shape index (κ3) is 43.6. The Balaban J connectivity index is 4.53. The minimum absolute atomic E-state index is 0.00561. The number of phosphoric ester groups is 1. The Morgan fingerprint density at radius 2 is 1.12 bits per heavy atom. The highest BCUT2D eigenvalue weighted by molar-refractivity contribution is 7.47. The Bertz CT molecular complexity index is 1210. The molecule has 0 aromatic heterocycles. The molecule has 0 fully saturated rings. The van der Waals surface area contributed by atoms with Crippen LogP contribution in [0.25, 0.3) is 0 Å². The first-order valence-electron chi connectivity index (χ1n) is 23.1. The zero-order valence-corrected chi connectivity index (χ0v) is 39.0. The number of rotatable bonds is 41. The van der Waals surface area contributed by atoms with Gasteiger partial charge in [0.2, 0.25) is 0 Å². The summed E-state index contributed by atoms with van der Waals surface area (Å²) in [5.41, 5.74) is 0. The van der Waals surface area contributed by atoms with Crippen molar-refractivity contribution < 1.29 is 47.2 Å². The summed E-state index contributed by atoms with van der Waals surface area (Å²) >= 11 is 0. The maximum atomic E-state index is 12.7. The minimum atomic E-state index is -4.43. The zero-order valence-electron chi connectivity index (χ0n) is 38.1. The van der Waals surface area contributed by atoms with Crippen molar-refractivity contribution in [3.63, 3.8) is 0 Å². The highest BCUT2D eigenvalue weighted by Crippen LogP contribution is 2.43. The number of likely N-dealkylation sites (N-methyl/N-ethyl adjacent to an activating group) is 1. The zero-order chi connectivity index (χ0) is 43.7. The van der Waals surface area contributed by atoms with E-state index < -0.39 is 38.6 Å². The molecule has 342 valence electrons. The van der Waals surface area contributed by atoms with E-state index in [1.807, 2.05) is 33.3 Å². The van der Waals surface area contributed by atoms with E-state index in [1.54, 1.807) is 12.2 Å². The van der Waals surface area contributed by atoms with Crippen LogP contribution in [0.5, 0.6) is 0 Å². The number of carbonyl (C=O) groups excluding carboxylic acids is 2. The van der Waals surface area contributed by atoms with Gasteiger partial charge < -0.3 is 24.0 Å². The number of hydrogen-bond donors (Lipinski definition) is 2. The number of aliphatic hydroxyl groups is 1. The molecule has 0 aliphatic carbocycles. The third-order valence-corrected chi connectivity index (χ3v) is 10.6. The molecule has 0 saturated carbocycles. The summed E-state index contributed by atoms with van der Waals surface area (Å²) in [6.07, 6.45) is 44.4. The van der Waals surface area contributed by atoms with Crippen LogP contribution >= 0.6 is 7.82 Å². The summed E-state index contributed by atoms with van der Waals surface area (Å²) in [5.74, 6) is -1.01. The lowest BCUT2D eigenvalue weighted by Crippen LogP contribution is -2.37. The second-order valence-electron chi connectivity index (χ2n) is 16.6. The van der Waals surface area contributed by atoms with E-state index in [9.17, 15) is 24.2 Å². The third-order valence-electron chi connectivity index (χ3n) is 9.62. The van der Waals surface area contributed by atoms with Crippen molar-refractivity contribution in [2.24, 2.45) is 0 Å². The summed E-state index contributed by atoms with van der Waals surface area (Å²) in [6.45, 7) is 4.15. The molecule has 0 aromatic rings. The summed E-state index contributed by atoms with van der Waals surface area (Å²) in [7, 11) is 1.35. The number of phosphoric acid groups is 1. The number of allylic oxidation sites excluding steroid dienone is 9. The number of esters is 2. The van der Waals surface area contributed by atoms with Crippen molar-refractivity contribution in [2.45, 2.75) is 187 Å². The smallest absolute Gasteiger partial charge is 0.462 e. The van der Waals surface area contributed by atoms with Crippen molar-refractivity contribution in [2.75, 3.05) is 47.5 Å². The molecule has 0 aromatic carbocycles. The first-order chi connectivity index (χ1) is 28.4. The minimum Gasteiger partial charge on any atom is -0.462 e. The molecule has 0 amide bonds. The van der Waals surface area contributed by atoms with Gasteiger partial charge in [0.05, 0.1) is 33.9 Å². The summed E-state index contributed by atoms with van der Waals surface area (Å²) in [4.78, 5) is 35.4. The monoisotopic (exact) mass is 853 g/mol. The number of unbranched alkanes of at least 4 members (excludes halogenated alkanes) is 16. The van der Waals surface area contributed by atoms with Crippen molar-refractivity contribution in [3.05, 3.63) is 60.8 Å². The number of nitrogens with zero attached hydrogens (tertiary/aromatic N) is 1. The van der Waals surface area contributed by atoms with Crippen LogP contribution in [0.3, 0.4) is 0 Å². The Morgan fingerprint density at radius 3 is 1.71 bits per heavy atom. The molecule has 0 spiro atoms. The second kappa shape index (κ2) is 39.8. The Kier molecular flexibility index (Phi) is 38.2. The van der Waals surface area contributed by atoms with Gasteiger partial charge in [0.25, 0.3) is 0 Å². The van der Waals surface area contributed by atoms with Gasteiger partial charge in [-0.3, -0.25) is 18.6 Å². The summed E-state index contributed by atoms with van der Waals surface area (Å²) in [5, 5.41) is 10.3. The Labute approximate surface area is 360 Å². The maximum absolute atomic E-state index is 12.7. The molecule has 2 N–H and O–H groups in total. The van der Waals surface area contributed by atoms with Crippen LogP contribution in [-0.2, 0) is 32.7 Å². The Hall–Kier alpha value is -2.33. The lowest BCUT2D eigenvalue weighted by atomic mass is 10.1. The molecule has 10 nitrogen and oxygen atoms in total. The standard InChI is InChI=1S/C48H86NO9P/c1-6-8-10-12-14-16-18-20-21-22-23-25-27-29-31-33-35-39-47(51)55-43-46(44-57-59(53,54)56-42-41-49(3,4)5)58-48(52)40-36-38-45(50)37-34-32-30-28-26-24-19-17-15-13-11-9-7-2/h14,16,20-21,24,26,30,32,34,37,45-46,50H,6-13,15,17-19,22-23,25,27-29,31,33,35-36,38-44H2,1-5H3/p+1/b16-14-,21-20-,26-24+,32-30+,37-34+/t45?,46-/m1/s1. The van der Waals surface area contributed by atoms with Crippen LogP contribution in [-0.4, -0.2) is 86.1 Å². The Morgan fingerprint density at radius 1 is 0.610 bits per heavy atom. The summed E-state index contributed by atoms with van der Waals surface area (Å²) in [6, 6.07) is 0. The van der Waals surface area contributed by atoms with Gasteiger partial charge in [-0.15, -0.1) is 0 Å². The van der Waals surface area contributed by atoms with Crippen LogP contribution in [0, 0.1) is 0 Å². The van der Waals surface area contributed by atoms with Crippen LogP contribution in [0.1, 0.15) is 174 Å². The number of quaternary nitrogens is 1. The van der Waals surface area contributed by atoms with Crippen LogP contribution < -0.4 is 0 Å². The van der Waals surface area contributed by atoms with Crippen LogP contribution in [0.4, 0.5) is 0 Å². The average molecular weight is 853 g/mol. The first-order valence-corrected chi connectivity index (χ1v) is 24.6. The molecule has 59 heavy (non-hydrogen) atoms. The molecule has 0 radical (unpaired) electrons. The predicted molar refractivity (Wildman–Crippen MR) is 244 cm³/mol. The molecular weight excluding hydrogens is 765 g/mol. The molecule has 0 rings (SSSR count). The fourth-order valence-electron chi connectivity index (χ4n) is 5.93. The van der Waals surface area contributed by atoms with Gasteiger partial charge in [-0.05, 0) is 70.6 Å². The lowest BCUT2D eigenvalue weighted by Gasteiger charge is -2.24. The fraction of sp³-hybridized carbons (Fsp3) is 0.750. The molecule has 2 unspecified atom stereocenters. The van der Waals surface area contributed by atoms with Gasteiger partial charge in [-0.1, -0.05) is 152 Å². The molecule has 3 atom stereocenters. The number of carbonyl (C=O) groups is 2. The van der Waals surface area contributed by atoms with Crippen LogP contribution in [0.15, 0.2) is 60.8 Å². The van der Waals surface area contributed by atoms with Crippen molar-refractivity contribution in [3.8, 4) is 0 Å². The van der Waals surface area contributed by atoms with E-state index in [0.29, 0.717) is 30.3 Å². The highest BCUT2D eigenvalue weighted by atomic mass is 31.2. The van der Waals surface area contributed by atoms with Gasteiger partial charge in [0.1, 0.15) is 19.8 Å². The lowest BCUT2D eigenvalue weighted by molar-refractivity contribution is -0.870. The average Bonchev–Trinajstić information content (AvgIpc) is 3.18. The molecule has 0 saturated heterocycles. The van der Waals surface area contributed by atoms with Crippen molar-refractivity contribution in [1.82, 2.24) is 0 Å².